The highest BCUT2D eigenvalue weighted by molar-refractivity contribution is 7.92. The molecule has 2 N–H and O–H groups in total. The standard InChI is InChI=1S/C18H22N2O4S.C7H5ClO2/c1-18(2,3)13-10-14(12-15(11-13)20-25(4,22)23)19-17(21)24-16-8-6-5-7-9-16;8-7(9)10-6-4-2-1-3-5-6/h5-12,20H,1-4H3,(H,19,21);1-5H. The van der Waals surface area contributed by atoms with E-state index in [0.717, 1.165) is 11.8 Å². The maximum atomic E-state index is 12.1. The van der Waals surface area contributed by atoms with Crippen LogP contribution in [0.1, 0.15) is 26.3 Å². The number of para-hydroxylation sites is 2. The number of ether oxygens (including phenoxy) is 2. The monoisotopic (exact) mass is 518 g/mol. The van der Waals surface area contributed by atoms with E-state index in [1.54, 1.807) is 66.7 Å². The number of nitrogens with one attached hydrogen (secondary N) is 2. The van der Waals surface area contributed by atoms with Gasteiger partial charge in [0.05, 0.1) is 11.9 Å². The molecule has 186 valence electrons. The molecule has 0 saturated heterocycles. The molecule has 0 fully saturated rings. The molecule has 0 bridgehead atoms. The van der Waals surface area contributed by atoms with Crippen molar-refractivity contribution in [3.63, 3.8) is 0 Å². The molecule has 3 aromatic carbocycles. The van der Waals surface area contributed by atoms with E-state index in [2.05, 4.69) is 14.8 Å². The van der Waals surface area contributed by atoms with Crippen molar-refractivity contribution >= 4 is 44.5 Å². The molecular formula is C25H27ClN2O6S. The van der Waals surface area contributed by atoms with Gasteiger partial charge in [-0.3, -0.25) is 10.0 Å². The van der Waals surface area contributed by atoms with Gasteiger partial charge < -0.3 is 9.47 Å². The van der Waals surface area contributed by atoms with Crippen LogP contribution in [0.5, 0.6) is 11.5 Å². The number of carbonyl (C=O) groups is 2. The smallest absolute Gasteiger partial charge is 0.415 e. The van der Waals surface area contributed by atoms with Gasteiger partial charge in [0.15, 0.2) is 0 Å². The molecule has 10 heteroatoms. The summed E-state index contributed by atoms with van der Waals surface area (Å²) in [6.45, 7) is 6.00. The first-order chi connectivity index (χ1) is 16.3. The van der Waals surface area contributed by atoms with Gasteiger partial charge in [0.1, 0.15) is 11.5 Å². The maximum absolute atomic E-state index is 12.1. The number of benzene rings is 3. The highest BCUT2D eigenvalue weighted by Gasteiger charge is 2.17. The molecule has 0 aliphatic rings. The lowest BCUT2D eigenvalue weighted by molar-refractivity contribution is 0.215. The van der Waals surface area contributed by atoms with Gasteiger partial charge >= 0.3 is 11.5 Å². The molecule has 0 atom stereocenters. The Morgan fingerprint density at radius 2 is 1.29 bits per heavy atom. The van der Waals surface area contributed by atoms with Crippen molar-refractivity contribution in [1.82, 2.24) is 0 Å². The molecule has 0 aromatic heterocycles. The Morgan fingerprint density at radius 3 is 1.74 bits per heavy atom. The predicted octanol–water partition coefficient (Wildman–Crippen LogP) is 6.39. The molecule has 1 amide bonds. The third-order valence-electron chi connectivity index (χ3n) is 4.24. The van der Waals surface area contributed by atoms with E-state index in [0.29, 0.717) is 22.9 Å². The molecule has 0 aliphatic carbocycles. The molecule has 0 heterocycles. The summed E-state index contributed by atoms with van der Waals surface area (Å²) in [5.41, 5.74) is 0.654. The van der Waals surface area contributed by atoms with E-state index in [-0.39, 0.29) is 5.41 Å². The van der Waals surface area contributed by atoms with Crippen LogP contribution in [0.15, 0.2) is 78.9 Å². The first-order valence-electron chi connectivity index (χ1n) is 10.4. The molecule has 8 nitrogen and oxygen atoms in total. The molecule has 3 rings (SSSR count). The second-order valence-corrected chi connectivity index (χ2v) is 10.5. The zero-order valence-electron chi connectivity index (χ0n) is 19.7. The summed E-state index contributed by atoms with van der Waals surface area (Å²) in [5.74, 6) is 0.879. The van der Waals surface area contributed by atoms with Crippen molar-refractivity contribution in [3.05, 3.63) is 84.4 Å². The molecular weight excluding hydrogens is 492 g/mol. The van der Waals surface area contributed by atoms with Crippen LogP contribution in [-0.2, 0) is 15.4 Å². The lowest BCUT2D eigenvalue weighted by Gasteiger charge is -2.21. The first-order valence-corrected chi connectivity index (χ1v) is 12.7. The van der Waals surface area contributed by atoms with Crippen molar-refractivity contribution in [2.24, 2.45) is 0 Å². The first kappa shape index (κ1) is 27.7. The van der Waals surface area contributed by atoms with Crippen molar-refractivity contribution in [3.8, 4) is 11.5 Å². The Balaban J connectivity index is 0.000000360. The van der Waals surface area contributed by atoms with E-state index in [9.17, 15) is 18.0 Å². The Morgan fingerprint density at radius 1 is 0.800 bits per heavy atom. The maximum Gasteiger partial charge on any atom is 0.417 e. The van der Waals surface area contributed by atoms with Crippen molar-refractivity contribution in [1.29, 1.82) is 0 Å². The number of hydrogen-bond donors (Lipinski definition) is 2. The number of anilines is 2. The second kappa shape index (κ2) is 12.2. The Kier molecular flexibility index (Phi) is 9.68. The summed E-state index contributed by atoms with van der Waals surface area (Å²) >= 11 is 4.95. The minimum absolute atomic E-state index is 0.227. The van der Waals surface area contributed by atoms with Gasteiger partial charge in [-0.25, -0.2) is 18.0 Å². The average Bonchev–Trinajstić information content (AvgIpc) is 2.73. The Hall–Kier alpha value is -3.56. The molecule has 0 radical (unpaired) electrons. The van der Waals surface area contributed by atoms with Gasteiger partial charge in [-0.2, -0.15) is 0 Å². The summed E-state index contributed by atoms with van der Waals surface area (Å²) in [6, 6.07) is 22.4. The van der Waals surface area contributed by atoms with E-state index in [1.807, 2.05) is 32.9 Å². The zero-order chi connectivity index (χ0) is 26.1. The third-order valence-corrected chi connectivity index (χ3v) is 4.93. The number of amides is 1. The van der Waals surface area contributed by atoms with Crippen LogP contribution in [0.4, 0.5) is 21.0 Å². The minimum Gasteiger partial charge on any atom is -0.415 e. The van der Waals surface area contributed by atoms with E-state index >= 15 is 0 Å². The van der Waals surface area contributed by atoms with Crippen LogP contribution in [0.2, 0.25) is 0 Å². The fourth-order valence-corrected chi connectivity index (χ4v) is 3.36. The summed E-state index contributed by atoms with van der Waals surface area (Å²) in [5, 5.41) is 2.63. The van der Waals surface area contributed by atoms with Crippen LogP contribution < -0.4 is 19.5 Å². The number of halogens is 1. The van der Waals surface area contributed by atoms with Crippen molar-refractivity contribution < 1.29 is 27.5 Å². The zero-order valence-corrected chi connectivity index (χ0v) is 21.3. The third kappa shape index (κ3) is 10.9. The summed E-state index contributed by atoms with van der Waals surface area (Å²) < 4.78 is 35.2. The predicted molar refractivity (Wildman–Crippen MR) is 138 cm³/mol. The normalized spacial score (nSPS) is 10.9. The number of rotatable bonds is 5. The van der Waals surface area contributed by atoms with Crippen LogP contribution in [-0.4, -0.2) is 26.2 Å². The number of sulfonamides is 1. The van der Waals surface area contributed by atoms with Crippen LogP contribution >= 0.6 is 11.6 Å². The van der Waals surface area contributed by atoms with Gasteiger partial charge in [0.25, 0.3) is 0 Å². The highest BCUT2D eigenvalue weighted by atomic mass is 35.5. The quantitative estimate of drug-likeness (QED) is 0.378. The van der Waals surface area contributed by atoms with Crippen LogP contribution in [0.3, 0.4) is 0 Å². The van der Waals surface area contributed by atoms with Gasteiger partial charge in [0, 0.05) is 17.3 Å². The second-order valence-electron chi connectivity index (χ2n) is 8.40. The fourth-order valence-electron chi connectivity index (χ4n) is 2.73. The lowest BCUT2D eigenvalue weighted by atomic mass is 9.86. The summed E-state index contributed by atoms with van der Waals surface area (Å²) in [6.07, 6.45) is 0.427. The Labute approximate surface area is 210 Å². The molecule has 3 aromatic rings. The van der Waals surface area contributed by atoms with E-state index in [1.165, 1.54) is 0 Å². The van der Waals surface area contributed by atoms with Crippen LogP contribution in [0, 0.1) is 0 Å². The van der Waals surface area contributed by atoms with E-state index in [4.69, 9.17) is 16.3 Å². The molecule has 0 unspecified atom stereocenters. The van der Waals surface area contributed by atoms with Gasteiger partial charge in [-0.1, -0.05) is 57.2 Å². The van der Waals surface area contributed by atoms with Gasteiger partial charge in [-0.05, 0) is 53.4 Å². The topological polar surface area (TPSA) is 111 Å². The Bertz CT molecular complexity index is 1240. The molecule has 0 aliphatic heterocycles. The highest BCUT2D eigenvalue weighted by Crippen LogP contribution is 2.29. The molecule has 0 saturated carbocycles. The summed E-state index contributed by atoms with van der Waals surface area (Å²) in [7, 11) is -3.43. The van der Waals surface area contributed by atoms with Gasteiger partial charge in [-0.15, -0.1) is 0 Å². The SMILES string of the molecule is CC(C)(C)c1cc(NC(=O)Oc2ccccc2)cc(NS(C)(=O)=O)c1.O=C(Cl)Oc1ccccc1. The van der Waals surface area contributed by atoms with Crippen LogP contribution in [0.25, 0.3) is 0 Å². The molecule has 0 spiro atoms. The number of carbonyl (C=O) groups excluding carboxylic acids is 2. The van der Waals surface area contributed by atoms with Crippen molar-refractivity contribution in [2.45, 2.75) is 26.2 Å². The fraction of sp³-hybridized carbons (Fsp3) is 0.200. The van der Waals surface area contributed by atoms with Crippen molar-refractivity contribution in [2.75, 3.05) is 16.3 Å². The minimum atomic E-state index is -3.43. The van der Waals surface area contributed by atoms with Gasteiger partial charge in [0.2, 0.25) is 10.0 Å². The number of hydrogen-bond acceptors (Lipinski definition) is 6. The summed E-state index contributed by atoms with van der Waals surface area (Å²) in [4.78, 5) is 22.2. The van der Waals surface area contributed by atoms with E-state index < -0.39 is 21.5 Å². The molecule has 35 heavy (non-hydrogen) atoms. The lowest BCUT2D eigenvalue weighted by Crippen LogP contribution is -2.19. The largest absolute Gasteiger partial charge is 0.417 e. The average molecular weight is 519 g/mol.